The first-order valence-corrected chi connectivity index (χ1v) is 7.82. The number of hydrogen-bond acceptors (Lipinski definition) is 3. The zero-order valence-corrected chi connectivity index (χ0v) is 12.8. The fourth-order valence-corrected chi connectivity index (χ4v) is 2.94. The molecule has 116 valence electrons. The molecule has 2 aromatic rings. The summed E-state index contributed by atoms with van der Waals surface area (Å²) in [6, 6.07) is 14.4. The third-order valence-corrected chi connectivity index (χ3v) is 4.30. The topological polar surface area (TPSA) is 64.4 Å². The Morgan fingerprint density at radius 3 is 2.77 bits per heavy atom. The Morgan fingerprint density at radius 2 is 2.05 bits per heavy atom. The highest BCUT2D eigenvalue weighted by atomic mass is 16.5. The van der Waals surface area contributed by atoms with Gasteiger partial charge >= 0.3 is 0 Å². The highest BCUT2D eigenvalue weighted by Crippen LogP contribution is 2.22. The fraction of sp³-hybridized carbons (Fsp3) is 0.389. The van der Waals surface area contributed by atoms with Gasteiger partial charge in [0.05, 0.1) is 12.1 Å². The molecule has 0 aliphatic carbocycles. The Kier molecular flexibility index (Phi) is 4.41. The molecule has 0 aromatic heterocycles. The number of fused-ring (bicyclic) bond motifs is 1. The molecular weight excluding hydrogens is 276 g/mol. The van der Waals surface area contributed by atoms with Gasteiger partial charge in [0.15, 0.2) is 0 Å². The lowest BCUT2D eigenvalue weighted by molar-refractivity contribution is -0.132. The second-order valence-electron chi connectivity index (χ2n) is 5.90. The number of ether oxygens (including phenoxy) is 1. The average Bonchev–Trinajstić information content (AvgIpc) is 3.03. The molecule has 3 rings (SSSR count). The Labute approximate surface area is 130 Å². The van der Waals surface area contributed by atoms with Gasteiger partial charge in [-0.15, -0.1) is 0 Å². The van der Waals surface area contributed by atoms with Gasteiger partial charge < -0.3 is 15.8 Å². The van der Waals surface area contributed by atoms with E-state index in [2.05, 4.69) is 35.6 Å². The summed E-state index contributed by atoms with van der Waals surface area (Å²) in [7, 11) is 0. The van der Waals surface area contributed by atoms with Crippen molar-refractivity contribution in [1.82, 2.24) is 5.32 Å². The van der Waals surface area contributed by atoms with Crippen molar-refractivity contribution in [3.8, 4) is 0 Å². The molecule has 1 aliphatic heterocycles. The van der Waals surface area contributed by atoms with Crippen LogP contribution in [0.3, 0.4) is 0 Å². The molecule has 0 radical (unpaired) electrons. The average molecular weight is 298 g/mol. The Bertz CT molecular complexity index is 671. The van der Waals surface area contributed by atoms with Crippen LogP contribution in [0.4, 0.5) is 0 Å². The summed E-state index contributed by atoms with van der Waals surface area (Å²) >= 11 is 0. The van der Waals surface area contributed by atoms with Gasteiger partial charge in [0.2, 0.25) is 5.91 Å². The Balaban J connectivity index is 1.67. The summed E-state index contributed by atoms with van der Waals surface area (Å²) < 4.78 is 5.64. The van der Waals surface area contributed by atoms with Gasteiger partial charge in [-0.25, -0.2) is 0 Å². The van der Waals surface area contributed by atoms with E-state index in [1.165, 1.54) is 10.8 Å². The van der Waals surface area contributed by atoms with E-state index in [4.69, 9.17) is 10.5 Å². The highest BCUT2D eigenvalue weighted by molar-refractivity contribution is 5.84. The van der Waals surface area contributed by atoms with Crippen LogP contribution in [0.1, 0.15) is 31.4 Å². The molecule has 0 spiro atoms. The summed E-state index contributed by atoms with van der Waals surface area (Å²) in [6.45, 7) is 2.47. The molecule has 1 heterocycles. The molecule has 1 aliphatic rings. The molecule has 1 unspecified atom stereocenters. The quantitative estimate of drug-likeness (QED) is 0.911. The van der Waals surface area contributed by atoms with E-state index >= 15 is 0 Å². The number of amides is 1. The van der Waals surface area contributed by atoms with Crippen LogP contribution in [0.2, 0.25) is 0 Å². The van der Waals surface area contributed by atoms with Crippen LogP contribution in [0.15, 0.2) is 42.5 Å². The van der Waals surface area contributed by atoms with Gasteiger partial charge in [0.1, 0.15) is 6.10 Å². The van der Waals surface area contributed by atoms with Gasteiger partial charge in [-0.2, -0.15) is 0 Å². The maximum absolute atomic E-state index is 12.3. The normalized spacial score (nSPS) is 22.6. The molecule has 2 aromatic carbocycles. The predicted octanol–water partition coefficient (Wildman–Crippen LogP) is 2.52. The van der Waals surface area contributed by atoms with Crippen LogP contribution in [0.5, 0.6) is 0 Å². The summed E-state index contributed by atoms with van der Waals surface area (Å²) in [6.07, 6.45) is 1.26. The van der Waals surface area contributed by atoms with Gasteiger partial charge in [-0.1, -0.05) is 36.4 Å². The van der Waals surface area contributed by atoms with E-state index in [1.807, 2.05) is 19.1 Å². The third kappa shape index (κ3) is 3.13. The van der Waals surface area contributed by atoms with Crippen molar-refractivity contribution in [2.45, 2.75) is 38.0 Å². The number of rotatable bonds is 4. The first kappa shape index (κ1) is 15.0. The SMILES string of the molecule is CC(NC(=O)[C@@H]1CC[C@H](CN)O1)c1ccc2ccccc2c1. The second kappa shape index (κ2) is 6.46. The van der Waals surface area contributed by atoms with Crippen LogP contribution < -0.4 is 11.1 Å². The number of nitrogens with one attached hydrogen (secondary N) is 1. The molecule has 0 bridgehead atoms. The molecule has 3 atom stereocenters. The van der Waals surface area contributed by atoms with Crippen molar-refractivity contribution in [2.75, 3.05) is 6.54 Å². The number of carbonyl (C=O) groups is 1. The van der Waals surface area contributed by atoms with Crippen LogP contribution in [-0.4, -0.2) is 24.7 Å². The number of benzene rings is 2. The van der Waals surface area contributed by atoms with Crippen LogP contribution in [-0.2, 0) is 9.53 Å². The van der Waals surface area contributed by atoms with Crippen LogP contribution >= 0.6 is 0 Å². The predicted molar refractivity (Wildman–Crippen MR) is 87.5 cm³/mol. The van der Waals surface area contributed by atoms with Crippen molar-refractivity contribution in [2.24, 2.45) is 5.73 Å². The van der Waals surface area contributed by atoms with E-state index < -0.39 is 0 Å². The minimum absolute atomic E-state index is 0.0201. The second-order valence-corrected chi connectivity index (χ2v) is 5.90. The lowest BCUT2D eigenvalue weighted by Gasteiger charge is -2.18. The van der Waals surface area contributed by atoms with Crippen LogP contribution in [0.25, 0.3) is 10.8 Å². The summed E-state index contributed by atoms with van der Waals surface area (Å²) in [4.78, 5) is 12.3. The summed E-state index contributed by atoms with van der Waals surface area (Å²) in [5, 5.41) is 5.43. The monoisotopic (exact) mass is 298 g/mol. The summed E-state index contributed by atoms with van der Waals surface area (Å²) in [5.74, 6) is -0.0448. The Hall–Kier alpha value is -1.91. The molecule has 1 amide bonds. The molecule has 4 nitrogen and oxygen atoms in total. The van der Waals surface area contributed by atoms with Crippen molar-refractivity contribution in [1.29, 1.82) is 0 Å². The zero-order valence-electron chi connectivity index (χ0n) is 12.8. The minimum atomic E-state index is -0.364. The molecular formula is C18H22N2O2. The highest BCUT2D eigenvalue weighted by Gasteiger charge is 2.30. The van der Waals surface area contributed by atoms with Crippen molar-refractivity contribution < 1.29 is 9.53 Å². The first-order valence-electron chi connectivity index (χ1n) is 7.82. The van der Waals surface area contributed by atoms with Crippen molar-refractivity contribution in [3.05, 3.63) is 48.0 Å². The zero-order chi connectivity index (χ0) is 15.5. The lowest BCUT2D eigenvalue weighted by Crippen LogP contribution is -2.36. The minimum Gasteiger partial charge on any atom is -0.364 e. The maximum atomic E-state index is 12.3. The van der Waals surface area contributed by atoms with E-state index in [0.717, 1.165) is 18.4 Å². The van der Waals surface area contributed by atoms with Gasteiger partial charge in [0, 0.05) is 6.54 Å². The molecule has 0 saturated carbocycles. The van der Waals surface area contributed by atoms with E-state index in [0.29, 0.717) is 6.54 Å². The number of hydrogen-bond donors (Lipinski definition) is 2. The van der Waals surface area contributed by atoms with Crippen molar-refractivity contribution >= 4 is 16.7 Å². The van der Waals surface area contributed by atoms with Crippen molar-refractivity contribution in [3.63, 3.8) is 0 Å². The maximum Gasteiger partial charge on any atom is 0.249 e. The molecule has 3 N–H and O–H groups in total. The standard InChI is InChI=1S/C18H22N2O2/c1-12(20-18(21)17-9-8-16(11-19)22-17)14-7-6-13-4-2-3-5-15(13)10-14/h2-7,10,12,16-17H,8-9,11,19H2,1H3,(H,20,21)/t12?,16-,17+/m1/s1. The summed E-state index contributed by atoms with van der Waals surface area (Å²) in [5.41, 5.74) is 6.68. The fourth-order valence-electron chi connectivity index (χ4n) is 2.94. The smallest absolute Gasteiger partial charge is 0.249 e. The number of carbonyl (C=O) groups excluding carboxylic acids is 1. The molecule has 1 saturated heterocycles. The van der Waals surface area contributed by atoms with Gasteiger partial charge in [-0.05, 0) is 42.2 Å². The molecule has 4 heteroatoms. The largest absolute Gasteiger partial charge is 0.364 e. The molecule has 22 heavy (non-hydrogen) atoms. The Morgan fingerprint density at radius 1 is 1.27 bits per heavy atom. The van der Waals surface area contributed by atoms with Gasteiger partial charge in [0.25, 0.3) is 0 Å². The molecule has 1 fully saturated rings. The van der Waals surface area contributed by atoms with E-state index in [1.54, 1.807) is 0 Å². The third-order valence-electron chi connectivity index (χ3n) is 4.30. The lowest BCUT2D eigenvalue weighted by atomic mass is 10.0. The van der Waals surface area contributed by atoms with E-state index in [-0.39, 0.29) is 24.2 Å². The van der Waals surface area contributed by atoms with Crippen LogP contribution in [0, 0.1) is 0 Å². The van der Waals surface area contributed by atoms with Gasteiger partial charge in [-0.3, -0.25) is 4.79 Å². The first-order chi connectivity index (χ1) is 10.7. The van der Waals surface area contributed by atoms with E-state index in [9.17, 15) is 4.79 Å². The number of nitrogens with two attached hydrogens (primary N) is 1.